The molecular formula is C20H26N2O4S. The minimum absolute atomic E-state index is 0.338. The lowest BCUT2D eigenvalue weighted by Crippen LogP contribution is -2.48. The van der Waals surface area contributed by atoms with Crippen LogP contribution in [0.25, 0.3) is 0 Å². The van der Waals surface area contributed by atoms with Gasteiger partial charge in [0.25, 0.3) is 0 Å². The smallest absolute Gasteiger partial charge is 0.244 e. The Morgan fingerprint density at radius 2 is 1.78 bits per heavy atom. The van der Waals surface area contributed by atoms with Crippen molar-refractivity contribution in [1.82, 2.24) is 5.32 Å². The summed E-state index contributed by atoms with van der Waals surface area (Å²) in [7, 11) is -2.08. The zero-order valence-electron chi connectivity index (χ0n) is 16.3. The molecule has 0 aliphatic rings. The number of rotatable bonds is 7. The summed E-state index contributed by atoms with van der Waals surface area (Å²) in [6.07, 6.45) is 1.10. The van der Waals surface area contributed by atoms with Gasteiger partial charge in [0.1, 0.15) is 11.8 Å². The molecule has 2 aromatic rings. The van der Waals surface area contributed by atoms with Crippen LogP contribution >= 0.6 is 0 Å². The van der Waals surface area contributed by atoms with Gasteiger partial charge in [0.2, 0.25) is 15.9 Å². The van der Waals surface area contributed by atoms with E-state index in [9.17, 15) is 13.2 Å². The van der Waals surface area contributed by atoms with E-state index in [1.807, 2.05) is 44.2 Å². The highest BCUT2D eigenvalue weighted by molar-refractivity contribution is 7.92. The molecule has 7 heteroatoms. The highest BCUT2D eigenvalue weighted by Crippen LogP contribution is 2.26. The van der Waals surface area contributed by atoms with E-state index in [4.69, 9.17) is 4.74 Å². The number of hydrogen-bond donors (Lipinski definition) is 1. The van der Waals surface area contributed by atoms with Gasteiger partial charge >= 0.3 is 0 Å². The Hall–Kier alpha value is -2.54. The molecule has 2 aromatic carbocycles. The highest BCUT2D eigenvalue weighted by atomic mass is 32.2. The number of para-hydroxylation sites is 1. The lowest BCUT2D eigenvalue weighted by molar-refractivity contribution is -0.122. The van der Waals surface area contributed by atoms with Gasteiger partial charge in [0.15, 0.2) is 0 Å². The van der Waals surface area contributed by atoms with E-state index >= 15 is 0 Å². The van der Waals surface area contributed by atoms with Crippen LogP contribution in [0.15, 0.2) is 48.5 Å². The number of methoxy groups -OCH3 is 1. The molecule has 27 heavy (non-hydrogen) atoms. The Morgan fingerprint density at radius 3 is 2.37 bits per heavy atom. The number of carbonyl (C=O) groups is 1. The van der Waals surface area contributed by atoms with Crippen LogP contribution in [-0.2, 0) is 14.8 Å². The molecule has 0 bridgehead atoms. The molecule has 0 aliphatic carbocycles. The zero-order chi connectivity index (χ0) is 20.2. The van der Waals surface area contributed by atoms with Crippen molar-refractivity contribution < 1.29 is 17.9 Å². The second-order valence-corrected chi connectivity index (χ2v) is 8.41. The number of hydrogen-bond acceptors (Lipinski definition) is 4. The summed E-state index contributed by atoms with van der Waals surface area (Å²) < 4.78 is 31.2. The van der Waals surface area contributed by atoms with Gasteiger partial charge in [0.05, 0.1) is 25.1 Å². The highest BCUT2D eigenvalue weighted by Gasteiger charge is 2.30. The summed E-state index contributed by atoms with van der Waals surface area (Å²) in [4.78, 5) is 12.8. The van der Waals surface area contributed by atoms with Crippen LogP contribution in [0.5, 0.6) is 5.75 Å². The van der Waals surface area contributed by atoms with Crippen molar-refractivity contribution in [3.8, 4) is 5.75 Å². The van der Waals surface area contributed by atoms with Crippen LogP contribution in [0.2, 0.25) is 0 Å². The minimum atomic E-state index is -3.64. The fourth-order valence-electron chi connectivity index (χ4n) is 3.01. The Kier molecular flexibility index (Phi) is 6.49. The summed E-state index contributed by atoms with van der Waals surface area (Å²) in [5.74, 6) is 0.275. The first kappa shape index (κ1) is 20.8. The van der Waals surface area contributed by atoms with Crippen LogP contribution in [0.1, 0.15) is 31.0 Å². The standard InChI is InChI=1S/C20H26N2O4S/c1-14-9-8-10-17(13-14)22(27(5,24)25)16(3)20(23)21-15(2)18-11-6-7-12-19(18)26-4/h6-13,15-16H,1-5H3,(H,21,23)/t15-,16+/m1/s1. The maximum absolute atomic E-state index is 12.8. The summed E-state index contributed by atoms with van der Waals surface area (Å²) >= 11 is 0. The fraction of sp³-hybridized carbons (Fsp3) is 0.350. The molecule has 0 spiro atoms. The number of benzene rings is 2. The third kappa shape index (κ3) is 5.01. The van der Waals surface area contributed by atoms with Gasteiger partial charge in [-0.3, -0.25) is 9.10 Å². The second kappa shape index (κ2) is 8.43. The van der Waals surface area contributed by atoms with Crippen molar-refractivity contribution in [2.45, 2.75) is 32.9 Å². The average molecular weight is 391 g/mol. The molecule has 2 rings (SSSR count). The molecular weight excluding hydrogens is 364 g/mol. The molecule has 0 aliphatic heterocycles. The maximum Gasteiger partial charge on any atom is 0.244 e. The number of nitrogens with one attached hydrogen (secondary N) is 1. The zero-order valence-corrected chi connectivity index (χ0v) is 17.1. The largest absolute Gasteiger partial charge is 0.496 e. The monoisotopic (exact) mass is 390 g/mol. The van der Waals surface area contributed by atoms with Crippen LogP contribution in [0.3, 0.4) is 0 Å². The first-order valence-corrected chi connectivity index (χ1v) is 10.5. The maximum atomic E-state index is 12.8. The molecule has 0 fully saturated rings. The van der Waals surface area contributed by atoms with E-state index in [2.05, 4.69) is 5.32 Å². The molecule has 0 saturated carbocycles. The van der Waals surface area contributed by atoms with Crippen molar-refractivity contribution >= 4 is 21.6 Å². The molecule has 0 saturated heterocycles. The van der Waals surface area contributed by atoms with Crippen molar-refractivity contribution in [3.63, 3.8) is 0 Å². The number of sulfonamides is 1. The Morgan fingerprint density at radius 1 is 1.11 bits per heavy atom. The number of carbonyl (C=O) groups excluding carboxylic acids is 1. The summed E-state index contributed by atoms with van der Waals surface area (Å²) in [6.45, 7) is 5.28. The number of anilines is 1. The molecule has 1 N–H and O–H groups in total. The number of aryl methyl sites for hydroxylation is 1. The quantitative estimate of drug-likeness (QED) is 0.788. The Bertz CT molecular complexity index is 912. The van der Waals surface area contributed by atoms with Crippen LogP contribution in [-0.4, -0.2) is 33.7 Å². The molecule has 0 aromatic heterocycles. The molecule has 1 amide bonds. The van der Waals surface area contributed by atoms with Gasteiger partial charge in [-0.1, -0.05) is 30.3 Å². The minimum Gasteiger partial charge on any atom is -0.496 e. The lowest BCUT2D eigenvalue weighted by atomic mass is 10.1. The average Bonchev–Trinajstić information content (AvgIpc) is 2.60. The van der Waals surface area contributed by atoms with Gasteiger partial charge < -0.3 is 10.1 Å². The second-order valence-electron chi connectivity index (χ2n) is 6.55. The van der Waals surface area contributed by atoms with E-state index in [1.165, 1.54) is 0 Å². The van der Waals surface area contributed by atoms with E-state index in [1.54, 1.807) is 32.2 Å². The third-order valence-electron chi connectivity index (χ3n) is 4.31. The SMILES string of the molecule is COc1ccccc1[C@@H](C)NC(=O)[C@H](C)N(c1cccc(C)c1)S(C)(=O)=O. The van der Waals surface area contributed by atoms with Crippen molar-refractivity contribution in [2.75, 3.05) is 17.7 Å². The van der Waals surface area contributed by atoms with Gasteiger partial charge in [-0.15, -0.1) is 0 Å². The van der Waals surface area contributed by atoms with E-state index < -0.39 is 16.1 Å². The van der Waals surface area contributed by atoms with Gasteiger partial charge in [-0.05, 0) is 44.5 Å². The van der Waals surface area contributed by atoms with E-state index in [0.717, 1.165) is 21.7 Å². The van der Waals surface area contributed by atoms with Crippen molar-refractivity contribution in [3.05, 3.63) is 59.7 Å². The van der Waals surface area contributed by atoms with Crippen LogP contribution in [0.4, 0.5) is 5.69 Å². The van der Waals surface area contributed by atoms with Gasteiger partial charge in [-0.2, -0.15) is 0 Å². The molecule has 6 nitrogen and oxygen atoms in total. The molecule has 146 valence electrons. The van der Waals surface area contributed by atoms with E-state index in [0.29, 0.717) is 11.4 Å². The Labute approximate surface area is 161 Å². The number of ether oxygens (including phenoxy) is 1. The van der Waals surface area contributed by atoms with Crippen molar-refractivity contribution in [2.24, 2.45) is 0 Å². The Balaban J connectivity index is 2.27. The topological polar surface area (TPSA) is 75.7 Å². The van der Waals surface area contributed by atoms with Gasteiger partial charge in [-0.25, -0.2) is 8.42 Å². The molecule has 0 unspecified atom stereocenters. The van der Waals surface area contributed by atoms with Gasteiger partial charge in [0, 0.05) is 5.56 Å². The number of amides is 1. The molecule has 2 atom stereocenters. The summed E-state index contributed by atoms with van der Waals surface area (Å²) in [5, 5.41) is 2.88. The first-order valence-electron chi connectivity index (χ1n) is 8.64. The first-order chi connectivity index (χ1) is 12.6. The van der Waals surface area contributed by atoms with Crippen molar-refractivity contribution in [1.29, 1.82) is 0 Å². The number of nitrogens with zero attached hydrogens (tertiary/aromatic N) is 1. The van der Waals surface area contributed by atoms with E-state index in [-0.39, 0.29) is 11.9 Å². The third-order valence-corrected chi connectivity index (χ3v) is 5.55. The molecule has 0 heterocycles. The predicted molar refractivity (Wildman–Crippen MR) is 108 cm³/mol. The lowest BCUT2D eigenvalue weighted by Gasteiger charge is -2.29. The van der Waals surface area contributed by atoms with Crippen LogP contribution in [0, 0.1) is 6.92 Å². The molecule has 0 radical (unpaired) electrons. The van der Waals surface area contributed by atoms with Crippen LogP contribution < -0.4 is 14.4 Å². The fourth-order valence-corrected chi connectivity index (χ4v) is 4.18. The normalized spacial score (nSPS) is 13.5. The predicted octanol–water partition coefficient (Wildman–Crippen LogP) is 3.04. The summed E-state index contributed by atoms with van der Waals surface area (Å²) in [6, 6.07) is 13.2. The summed E-state index contributed by atoms with van der Waals surface area (Å²) in [5.41, 5.74) is 2.20.